The monoisotopic (exact) mass is 334 g/mol. The van der Waals surface area contributed by atoms with Crippen LogP contribution in [0.3, 0.4) is 0 Å². The molecule has 0 aromatic heterocycles. The largest absolute Gasteiger partial charge is 0.393 e. The fraction of sp³-hybridized carbons (Fsp3) is 0.867. The molecule has 0 amide bonds. The molecule has 2 rings (SSSR count). The van der Waals surface area contributed by atoms with Crippen LogP contribution in [0.5, 0.6) is 0 Å². The average molecular weight is 336 g/mol. The van der Waals surface area contributed by atoms with Crippen molar-refractivity contribution in [2.75, 3.05) is 0 Å². The van der Waals surface area contributed by atoms with Gasteiger partial charge in [0.2, 0.25) is 0 Å². The van der Waals surface area contributed by atoms with Crippen molar-refractivity contribution in [2.45, 2.75) is 68.7 Å². The summed E-state index contributed by atoms with van der Waals surface area (Å²) >= 11 is 10.4. The number of hydrogen-bond acceptors (Lipinski definition) is 1. The highest BCUT2D eigenvalue weighted by molar-refractivity contribution is 9.10. The third-order valence-electron chi connectivity index (χ3n) is 5.42. The van der Waals surface area contributed by atoms with E-state index in [1.807, 2.05) is 0 Å². The van der Waals surface area contributed by atoms with Gasteiger partial charge in [0.05, 0.1) is 6.10 Å². The van der Waals surface area contributed by atoms with E-state index in [1.165, 1.54) is 5.57 Å². The van der Waals surface area contributed by atoms with Crippen molar-refractivity contribution in [2.24, 2.45) is 10.8 Å². The molecular formula is C15H24BrClO. The van der Waals surface area contributed by atoms with Gasteiger partial charge in [0.25, 0.3) is 0 Å². The van der Waals surface area contributed by atoms with Gasteiger partial charge in [0, 0.05) is 9.70 Å². The molecule has 0 aromatic rings. The molecule has 0 bridgehead atoms. The number of alkyl halides is 2. The predicted molar refractivity (Wildman–Crippen MR) is 81.4 cm³/mol. The molecule has 0 radical (unpaired) electrons. The van der Waals surface area contributed by atoms with E-state index in [0.29, 0.717) is 0 Å². The van der Waals surface area contributed by atoms with E-state index in [0.717, 1.165) is 32.1 Å². The number of rotatable bonds is 0. The Labute approximate surface area is 124 Å². The molecule has 0 aliphatic heterocycles. The minimum Gasteiger partial charge on any atom is -0.393 e. The van der Waals surface area contributed by atoms with E-state index in [4.69, 9.17) is 11.6 Å². The standard InChI is InChI=1S/C15H24BrClO/c1-10-7-11(18)8-13(2,3)15(10)6-5-14(4,16)12(17)9-15/h11-12,18H,1,5-9H2,2-4H3/t11-,12-,14-,15-/m0/s1. The van der Waals surface area contributed by atoms with Crippen molar-refractivity contribution in [1.29, 1.82) is 0 Å². The number of aliphatic hydroxyl groups is 1. The summed E-state index contributed by atoms with van der Waals surface area (Å²) in [7, 11) is 0. The van der Waals surface area contributed by atoms with Crippen LogP contribution < -0.4 is 0 Å². The third-order valence-corrected chi connectivity index (χ3v) is 7.27. The van der Waals surface area contributed by atoms with Crippen LogP contribution in [-0.2, 0) is 0 Å². The fourth-order valence-corrected chi connectivity index (χ4v) is 4.72. The van der Waals surface area contributed by atoms with Gasteiger partial charge < -0.3 is 5.11 Å². The molecule has 4 atom stereocenters. The highest BCUT2D eigenvalue weighted by atomic mass is 79.9. The summed E-state index contributed by atoms with van der Waals surface area (Å²) in [5, 5.41) is 10.1. The summed E-state index contributed by atoms with van der Waals surface area (Å²) in [6, 6.07) is 0. The molecule has 1 nitrogen and oxygen atoms in total. The zero-order chi connectivity index (χ0) is 13.8. The second-order valence-corrected chi connectivity index (χ2v) is 9.42. The Morgan fingerprint density at radius 3 is 2.39 bits per heavy atom. The smallest absolute Gasteiger partial charge is 0.0582 e. The highest BCUT2D eigenvalue weighted by Gasteiger charge is 2.56. The first-order chi connectivity index (χ1) is 8.11. The van der Waals surface area contributed by atoms with Gasteiger partial charge in [-0.3, -0.25) is 0 Å². The summed E-state index contributed by atoms with van der Waals surface area (Å²) in [6.45, 7) is 11.0. The minimum atomic E-state index is -0.232. The van der Waals surface area contributed by atoms with Crippen LogP contribution in [0.25, 0.3) is 0 Å². The topological polar surface area (TPSA) is 20.2 Å². The summed E-state index contributed by atoms with van der Waals surface area (Å²) in [4.78, 5) is 0. The van der Waals surface area contributed by atoms with Crippen molar-refractivity contribution in [3.05, 3.63) is 12.2 Å². The quantitative estimate of drug-likeness (QED) is 0.504. The molecular weight excluding hydrogens is 312 g/mol. The summed E-state index contributed by atoms with van der Waals surface area (Å²) in [5.74, 6) is 0. The second kappa shape index (κ2) is 4.49. The van der Waals surface area contributed by atoms with Crippen LogP contribution in [-0.4, -0.2) is 20.9 Å². The van der Waals surface area contributed by atoms with Gasteiger partial charge in [-0.25, -0.2) is 0 Å². The molecule has 0 saturated heterocycles. The molecule has 0 aromatic carbocycles. The van der Waals surface area contributed by atoms with Crippen LogP contribution >= 0.6 is 27.5 Å². The van der Waals surface area contributed by atoms with E-state index in [-0.39, 0.29) is 26.6 Å². The third kappa shape index (κ3) is 2.19. The molecule has 1 N–H and O–H groups in total. The van der Waals surface area contributed by atoms with Gasteiger partial charge in [-0.1, -0.05) is 41.9 Å². The van der Waals surface area contributed by atoms with E-state index in [1.54, 1.807) is 0 Å². The van der Waals surface area contributed by atoms with Gasteiger partial charge in [-0.15, -0.1) is 11.6 Å². The molecule has 2 aliphatic rings. The molecule has 2 saturated carbocycles. The lowest BCUT2D eigenvalue weighted by Crippen LogP contribution is -2.53. The van der Waals surface area contributed by atoms with Gasteiger partial charge in [0.15, 0.2) is 0 Å². The Morgan fingerprint density at radius 1 is 1.28 bits per heavy atom. The Morgan fingerprint density at radius 2 is 1.89 bits per heavy atom. The van der Waals surface area contributed by atoms with E-state index >= 15 is 0 Å². The Kier molecular flexibility index (Phi) is 3.71. The minimum absolute atomic E-state index is 0.0340. The van der Waals surface area contributed by atoms with Gasteiger partial charge >= 0.3 is 0 Å². The summed E-state index contributed by atoms with van der Waals surface area (Å²) in [5.41, 5.74) is 1.39. The van der Waals surface area contributed by atoms with Gasteiger partial charge in [-0.05, 0) is 49.9 Å². The van der Waals surface area contributed by atoms with Crippen LogP contribution in [0.4, 0.5) is 0 Å². The first-order valence-electron chi connectivity index (χ1n) is 6.80. The SMILES string of the molecule is C=C1C[C@H](O)CC(C)(C)[C@]12CC[C@](C)(Br)[C@@H](Cl)C2. The van der Waals surface area contributed by atoms with E-state index in [9.17, 15) is 5.11 Å². The molecule has 104 valence electrons. The molecule has 2 fully saturated rings. The van der Waals surface area contributed by atoms with Crippen LogP contribution in [0.1, 0.15) is 52.9 Å². The fourth-order valence-electron chi connectivity index (χ4n) is 3.99. The lowest BCUT2D eigenvalue weighted by Gasteiger charge is -2.58. The lowest BCUT2D eigenvalue weighted by molar-refractivity contribution is -0.0272. The van der Waals surface area contributed by atoms with Crippen molar-refractivity contribution >= 4 is 27.5 Å². The Hall–Kier alpha value is 0.470. The van der Waals surface area contributed by atoms with Gasteiger partial charge in [-0.2, -0.15) is 0 Å². The van der Waals surface area contributed by atoms with Gasteiger partial charge in [0.1, 0.15) is 0 Å². The maximum absolute atomic E-state index is 9.99. The average Bonchev–Trinajstić information content (AvgIpc) is 2.19. The highest BCUT2D eigenvalue weighted by Crippen LogP contribution is 2.62. The van der Waals surface area contributed by atoms with E-state index in [2.05, 4.69) is 43.3 Å². The Balaban J connectivity index is 2.33. The van der Waals surface area contributed by atoms with Crippen LogP contribution in [0, 0.1) is 10.8 Å². The lowest BCUT2D eigenvalue weighted by atomic mass is 9.49. The summed E-state index contributed by atoms with van der Waals surface area (Å²) in [6.07, 6.45) is 4.52. The number of halogens is 2. The van der Waals surface area contributed by atoms with Crippen molar-refractivity contribution in [3.8, 4) is 0 Å². The summed E-state index contributed by atoms with van der Waals surface area (Å²) < 4.78 is 0.0340. The molecule has 0 heterocycles. The zero-order valence-electron chi connectivity index (χ0n) is 11.6. The first-order valence-corrected chi connectivity index (χ1v) is 8.03. The zero-order valence-corrected chi connectivity index (χ0v) is 13.9. The number of aliphatic hydroxyl groups excluding tert-OH is 1. The predicted octanol–water partition coefficient (Wildman–Crippen LogP) is 4.65. The van der Waals surface area contributed by atoms with E-state index < -0.39 is 0 Å². The maximum atomic E-state index is 9.99. The van der Waals surface area contributed by atoms with Crippen LogP contribution in [0.2, 0.25) is 0 Å². The van der Waals surface area contributed by atoms with Crippen molar-refractivity contribution < 1.29 is 5.11 Å². The second-order valence-electron chi connectivity index (χ2n) is 7.08. The number of hydrogen-bond donors (Lipinski definition) is 1. The maximum Gasteiger partial charge on any atom is 0.0582 e. The Bertz CT molecular complexity index is 364. The first kappa shape index (κ1) is 14.9. The molecule has 2 aliphatic carbocycles. The molecule has 18 heavy (non-hydrogen) atoms. The molecule has 3 heteroatoms. The van der Waals surface area contributed by atoms with Crippen molar-refractivity contribution in [1.82, 2.24) is 0 Å². The molecule has 1 spiro atoms. The molecule has 0 unspecified atom stereocenters. The van der Waals surface area contributed by atoms with Crippen molar-refractivity contribution in [3.63, 3.8) is 0 Å². The normalized spacial score (nSPS) is 48.4. The van der Waals surface area contributed by atoms with Crippen LogP contribution in [0.15, 0.2) is 12.2 Å².